The number of ether oxygens (including phenoxy) is 4. The van der Waals surface area contributed by atoms with Crippen LogP contribution in [0.4, 0.5) is 5.82 Å². The number of ketones is 2. The molecule has 3 unspecified atom stereocenters. The number of aliphatic hydroxyl groups is 3. The third-order valence-electron chi connectivity index (χ3n) is 14.8. The number of nitrogens with zero attached hydrogens (tertiary/aromatic N) is 3. The number of cyclic esters (lactones) is 1. The lowest BCUT2D eigenvalue weighted by Crippen LogP contribution is -2.61. The van der Waals surface area contributed by atoms with Gasteiger partial charge >= 0.3 is 5.97 Å². The van der Waals surface area contributed by atoms with E-state index >= 15 is 0 Å². The van der Waals surface area contributed by atoms with Crippen LogP contribution in [0.25, 0.3) is 0 Å². The number of aromatic nitrogens is 2. The number of nitrogens with one attached hydrogen (secondary N) is 1. The Morgan fingerprint density at radius 2 is 1.69 bits per heavy atom. The third-order valence-corrected chi connectivity index (χ3v) is 14.8. The SMILES string of the molecule is CO[C@@H]1CC(C[C@@H](C)[C@@H]2CC[C@H](N)/C=C(\C)[C@@H](O)[C@@H](OC)C(=O)[C@H](C)C[C@H](C)/C=C/C=C/C=C(\C)C(Nc3cnon3)C[C@@H]3CCC(C)[C@@](O)(O3)C(=O)C(=O)N3CCCC[C@H]3C(=O)O2)CC[C@H]1O. The van der Waals surface area contributed by atoms with Crippen LogP contribution < -0.4 is 11.1 Å². The molecule has 2 bridgehead atoms. The van der Waals surface area contributed by atoms with Crippen LogP contribution in [0.5, 0.6) is 0 Å². The molecule has 3 aliphatic heterocycles. The number of Topliss-reactive ketones (excluding diaryl/α,β-unsaturated/α-hetero) is 2. The predicted molar refractivity (Wildman–Crippen MR) is 254 cm³/mol. The number of hydrogen-bond acceptors (Lipinski definition) is 16. The number of allylic oxidation sites excluding steroid dienone is 5. The van der Waals surface area contributed by atoms with Crippen molar-refractivity contribution in [1.29, 1.82) is 0 Å². The van der Waals surface area contributed by atoms with Crippen molar-refractivity contribution in [3.8, 4) is 0 Å². The molecular formula is C51H79N5O12. The van der Waals surface area contributed by atoms with Gasteiger partial charge in [-0.25, -0.2) is 9.42 Å². The van der Waals surface area contributed by atoms with E-state index in [4.69, 9.17) is 29.3 Å². The predicted octanol–water partition coefficient (Wildman–Crippen LogP) is 5.54. The fourth-order valence-corrected chi connectivity index (χ4v) is 10.5. The average molecular weight is 954 g/mol. The van der Waals surface area contributed by atoms with Gasteiger partial charge in [-0.1, -0.05) is 74.9 Å². The van der Waals surface area contributed by atoms with Crippen LogP contribution >= 0.6 is 0 Å². The quantitative estimate of drug-likeness (QED) is 0.128. The van der Waals surface area contributed by atoms with E-state index in [1.807, 2.05) is 58.1 Å². The largest absolute Gasteiger partial charge is 0.461 e. The fraction of sp³-hybridized carbons (Fsp3) is 0.725. The topological polar surface area (TPSA) is 246 Å². The van der Waals surface area contributed by atoms with Gasteiger partial charge in [0.25, 0.3) is 11.7 Å². The molecule has 17 heteroatoms. The van der Waals surface area contributed by atoms with Gasteiger partial charge in [0, 0.05) is 38.6 Å². The van der Waals surface area contributed by atoms with E-state index in [2.05, 4.69) is 15.6 Å². The van der Waals surface area contributed by atoms with Crippen molar-refractivity contribution in [3.63, 3.8) is 0 Å². The Morgan fingerprint density at radius 1 is 0.926 bits per heavy atom. The van der Waals surface area contributed by atoms with Crippen LogP contribution in [0.1, 0.15) is 125 Å². The number of amides is 1. The van der Waals surface area contributed by atoms with Gasteiger partial charge in [-0.15, -0.1) is 0 Å². The maximum Gasteiger partial charge on any atom is 0.329 e. The number of fused-ring (bicyclic) bond motifs is 3. The van der Waals surface area contributed by atoms with Crippen molar-refractivity contribution in [1.82, 2.24) is 15.2 Å². The Hall–Kier alpha value is -4.10. The van der Waals surface area contributed by atoms with Crippen molar-refractivity contribution in [2.75, 3.05) is 26.1 Å². The monoisotopic (exact) mass is 954 g/mol. The van der Waals surface area contributed by atoms with Crippen molar-refractivity contribution in [2.24, 2.45) is 35.3 Å². The number of nitrogens with two attached hydrogens (primary N) is 1. The van der Waals surface area contributed by atoms with E-state index in [-0.39, 0.29) is 42.6 Å². The highest BCUT2D eigenvalue weighted by Gasteiger charge is 2.53. The second-order valence-electron chi connectivity index (χ2n) is 20.1. The highest BCUT2D eigenvalue weighted by molar-refractivity contribution is 6.39. The molecule has 0 aromatic carbocycles. The molecule has 15 atom stereocenters. The normalized spacial score (nSPS) is 39.1. The summed E-state index contributed by atoms with van der Waals surface area (Å²) in [7, 11) is 3.00. The number of carbonyl (C=O) groups excluding carboxylic acids is 4. The van der Waals surface area contributed by atoms with E-state index in [0.717, 1.165) is 12.0 Å². The summed E-state index contributed by atoms with van der Waals surface area (Å²) in [6.45, 7) is 11.3. The van der Waals surface area contributed by atoms with Crippen LogP contribution in [0.2, 0.25) is 0 Å². The number of rotatable bonds is 7. The summed E-state index contributed by atoms with van der Waals surface area (Å²) >= 11 is 0. The lowest BCUT2D eigenvalue weighted by Gasteiger charge is -2.43. The standard InChI is InChI=1S/C51H79N5O12/c1-30-14-10-9-11-15-31(2)39(54-44-29-53-68-55-44)28-38-20-17-35(6)51(63,67-38)48(60)49(61)56-23-13-12-16-40(56)50(62)66-42(32(3)25-36-18-21-41(57)43(27-36)64-7)22-19-37(52)26-34(5)46(59)47(65-8)45(58)33(4)24-30/h9-11,14-15,26,29-30,32-33,35-43,46-47,57,59,63H,12-13,16-25,27-28,52H2,1-8H3,(H,54,55)/b11-9+,14-10+,31-15+,34-26+/t30-,32-,33-,35?,36?,37+,38+,39?,40+,41-,42+,43-,46-,47+,51-/m1/s1. The summed E-state index contributed by atoms with van der Waals surface area (Å²) in [6, 6.07) is -2.07. The molecule has 1 saturated carbocycles. The molecule has 2 saturated heterocycles. The molecule has 0 radical (unpaired) electrons. The molecule has 5 rings (SSSR count). The van der Waals surface area contributed by atoms with Gasteiger partial charge < -0.3 is 50.2 Å². The number of esters is 1. The maximum absolute atomic E-state index is 14.4. The molecule has 17 nitrogen and oxygen atoms in total. The zero-order valence-electron chi connectivity index (χ0n) is 41.5. The first-order chi connectivity index (χ1) is 32.4. The van der Waals surface area contributed by atoms with Gasteiger partial charge in [0.2, 0.25) is 5.79 Å². The number of aliphatic hydroxyl groups excluding tert-OH is 2. The van der Waals surface area contributed by atoms with Crippen molar-refractivity contribution >= 4 is 29.3 Å². The zero-order chi connectivity index (χ0) is 49.7. The van der Waals surface area contributed by atoms with Gasteiger partial charge in [0.05, 0.1) is 24.4 Å². The minimum absolute atomic E-state index is 0.0176. The Kier molecular flexibility index (Phi) is 20.7. The Labute approximate surface area is 402 Å². The molecule has 68 heavy (non-hydrogen) atoms. The number of hydrogen-bond donors (Lipinski definition) is 5. The molecule has 380 valence electrons. The van der Waals surface area contributed by atoms with Crippen LogP contribution in [-0.2, 0) is 38.1 Å². The van der Waals surface area contributed by atoms with Gasteiger partial charge in [-0.2, -0.15) is 0 Å². The molecule has 1 aromatic heterocycles. The van der Waals surface area contributed by atoms with Gasteiger partial charge in [-0.3, -0.25) is 14.4 Å². The van der Waals surface area contributed by atoms with Crippen molar-refractivity contribution in [2.45, 2.75) is 186 Å². The summed E-state index contributed by atoms with van der Waals surface area (Å²) in [5.74, 6) is -6.17. The molecule has 4 aliphatic rings. The highest BCUT2D eigenvalue weighted by atomic mass is 16.6. The van der Waals surface area contributed by atoms with E-state index < -0.39 is 83.9 Å². The Bertz CT molecular complexity index is 1940. The van der Waals surface area contributed by atoms with Gasteiger partial charge in [-0.05, 0) is 126 Å². The molecular weight excluding hydrogens is 875 g/mol. The average Bonchev–Trinajstić information content (AvgIpc) is 3.84. The molecule has 3 fully saturated rings. The lowest BCUT2D eigenvalue weighted by molar-refractivity contribution is -0.263. The van der Waals surface area contributed by atoms with Crippen LogP contribution in [0.15, 0.2) is 58.4 Å². The highest BCUT2D eigenvalue weighted by Crippen LogP contribution is 2.38. The summed E-state index contributed by atoms with van der Waals surface area (Å²) in [6.07, 6.45) is 14.8. The number of anilines is 1. The number of piperidine rings is 1. The lowest BCUT2D eigenvalue weighted by atomic mass is 9.78. The summed E-state index contributed by atoms with van der Waals surface area (Å²) in [5.41, 5.74) is 8.03. The van der Waals surface area contributed by atoms with Crippen molar-refractivity contribution in [3.05, 3.63) is 53.8 Å². The molecule has 1 aromatic rings. The third kappa shape index (κ3) is 14.5. The summed E-state index contributed by atoms with van der Waals surface area (Å²) < 4.78 is 28.7. The number of carbonyl (C=O) groups is 4. The Balaban J connectivity index is 1.46. The second-order valence-corrected chi connectivity index (χ2v) is 20.1. The van der Waals surface area contributed by atoms with Gasteiger partial charge in [0.1, 0.15) is 30.6 Å². The van der Waals surface area contributed by atoms with E-state index in [0.29, 0.717) is 82.0 Å². The molecule has 1 amide bonds. The second kappa shape index (κ2) is 25.7. The van der Waals surface area contributed by atoms with E-state index in [1.165, 1.54) is 18.2 Å². The van der Waals surface area contributed by atoms with Crippen molar-refractivity contribution < 1.29 is 58.1 Å². The summed E-state index contributed by atoms with van der Waals surface area (Å²) in [5, 5.41) is 45.0. The smallest absolute Gasteiger partial charge is 0.329 e. The maximum atomic E-state index is 14.4. The molecule has 6 N–H and O–H groups in total. The number of methoxy groups -OCH3 is 2. The molecule has 4 heterocycles. The van der Waals surface area contributed by atoms with Gasteiger partial charge in [0.15, 0.2) is 11.6 Å². The van der Waals surface area contributed by atoms with Crippen LogP contribution in [0.3, 0.4) is 0 Å². The summed E-state index contributed by atoms with van der Waals surface area (Å²) in [4.78, 5) is 58.1. The first-order valence-electron chi connectivity index (χ1n) is 24.8. The van der Waals surface area contributed by atoms with E-state index in [1.54, 1.807) is 27.0 Å². The van der Waals surface area contributed by atoms with Crippen LogP contribution in [-0.4, -0.2) is 135 Å². The van der Waals surface area contributed by atoms with E-state index in [9.17, 15) is 34.5 Å². The molecule has 1 aliphatic carbocycles. The zero-order valence-corrected chi connectivity index (χ0v) is 41.5. The van der Waals surface area contributed by atoms with Crippen LogP contribution in [0, 0.1) is 29.6 Å². The first-order valence-corrected chi connectivity index (χ1v) is 24.8. The minimum atomic E-state index is -2.45. The first kappa shape index (κ1) is 54.8. The minimum Gasteiger partial charge on any atom is -0.461 e. The Morgan fingerprint density at radius 3 is 2.40 bits per heavy atom. The molecule has 0 spiro atoms. The fourth-order valence-electron chi connectivity index (χ4n) is 10.5.